The number of rotatable bonds is 3. The molecule has 0 saturated heterocycles. The number of hydrogen-bond donors (Lipinski definition) is 1. The molecule has 0 aliphatic carbocycles. The van der Waals surface area contributed by atoms with Gasteiger partial charge in [-0.25, -0.2) is 17.7 Å². The van der Waals surface area contributed by atoms with E-state index in [2.05, 4.69) is 4.98 Å². The second kappa shape index (κ2) is 3.54. The van der Waals surface area contributed by atoms with Crippen molar-refractivity contribution >= 4 is 32.4 Å². The van der Waals surface area contributed by atoms with Crippen LogP contribution in [-0.4, -0.2) is 32.6 Å². The molecule has 1 heterocycles. The van der Waals surface area contributed by atoms with E-state index in [-0.39, 0.29) is 10.8 Å². The molecule has 8 heteroatoms. The second-order valence-corrected chi connectivity index (χ2v) is 5.46. The van der Waals surface area contributed by atoms with Crippen LogP contribution < -0.4 is 10.0 Å². The third-order valence-corrected chi connectivity index (χ3v) is 3.71. The molecule has 0 unspecified atom stereocenters. The van der Waals surface area contributed by atoms with Gasteiger partial charge in [0.15, 0.2) is 5.13 Å². The molecule has 0 aliphatic rings. The van der Waals surface area contributed by atoms with Crippen LogP contribution in [0.25, 0.3) is 0 Å². The van der Waals surface area contributed by atoms with Gasteiger partial charge in [0, 0.05) is 12.4 Å². The van der Waals surface area contributed by atoms with Crippen molar-refractivity contribution < 1.29 is 13.2 Å². The van der Waals surface area contributed by atoms with Crippen LogP contribution in [0.4, 0.5) is 5.13 Å². The van der Waals surface area contributed by atoms with E-state index in [0.29, 0.717) is 0 Å². The van der Waals surface area contributed by atoms with E-state index in [4.69, 9.17) is 5.73 Å². The van der Waals surface area contributed by atoms with Crippen LogP contribution in [0.3, 0.4) is 0 Å². The van der Waals surface area contributed by atoms with Gasteiger partial charge < -0.3 is 5.73 Å². The molecule has 0 saturated carbocycles. The number of carbonyl (C=O) groups excluding carboxylic acids is 1. The molecule has 0 radical (unpaired) electrons. The summed E-state index contributed by atoms with van der Waals surface area (Å²) in [4.78, 5) is 14.5. The minimum atomic E-state index is -3.34. The maximum Gasteiger partial charge on any atom is 0.268 e. The molecule has 1 rings (SSSR count). The number of aromatic nitrogens is 1. The Morgan fingerprint density at radius 2 is 2.21 bits per heavy atom. The van der Waals surface area contributed by atoms with Crippen molar-refractivity contribution in [2.24, 2.45) is 5.73 Å². The number of thiazole rings is 1. The summed E-state index contributed by atoms with van der Waals surface area (Å²) >= 11 is 1.05. The minimum absolute atomic E-state index is 0.0699. The first-order valence-corrected chi connectivity index (χ1v) is 6.24. The van der Waals surface area contributed by atoms with Crippen LogP contribution in [0.15, 0.2) is 5.38 Å². The molecule has 0 aliphatic heterocycles. The first-order chi connectivity index (χ1) is 6.32. The first kappa shape index (κ1) is 10.9. The van der Waals surface area contributed by atoms with Crippen LogP contribution in [0.1, 0.15) is 10.5 Å². The fourth-order valence-electron chi connectivity index (χ4n) is 0.664. The summed E-state index contributed by atoms with van der Waals surface area (Å²) in [5, 5.41) is 1.64. The Balaban J connectivity index is 3.04. The molecule has 6 nitrogen and oxygen atoms in total. The summed E-state index contributed by atoms with van der Waals surface area (Å²) in [6.07, 6.45) is 1.05. The number of anilines is 1. The van der Waals surface area contributed by atoms with Gasteiger partial charge in [0.2, 0.25) is 10.0 Å². The maximum atomic E-state index is 11.1. The standard InChI is InChI=1S/C6H9N3O3S2/c1-9(14(2,11)12)6-8-4(3-13-6)5(7)10/h3H,1-2H3,(H2,7,10). The Labute approximate surface area is 85.4 Å². The highest BCUT2D eigenvalue weighted by molar-refractivity contribution is 7.92. The summed E-state index contributed by atoms with van der Waals surface area (Å²) in [6, 6.07) is 0. The molecule has 14 heavy (non-hydrogen) atoms. The second-order valence-electron chi connectivity index (χ2n) is 2.61. The van der Waals surface area contributed by atoms with Crippen molar-refractivity contribution in [3.63, 3.8) is 0 Å². The quantitative estimate of drug-likeness (QED) is 0.774. The lowest BCUT2D eigenvalue weighted by Crippen LogP contribution is -2.25. The molecule has 0 aromatic carbocycles. The zero-order valence-corrected chi connectivity index (χ0v) is 9.22. The fourth-order valence-corrected chi connectivity index (χ4v) is 2.21. The monoisotopic (exact) mass is 235 g/mol. The summed E-state index contributed by atoms with van der Waals surface area (Å²) in [7, 11) is -1.98. The zero-order valence-electron chi connectivity index (χ0n) is 7.59. The number of amides is 1. The Bertz CT molecular complexity index is 451. The van der Waals surface area contributed by atoms with E-state index in [0.717, 1.165) is 21.9 Å². The lowest BCUT2D eigenvalue weighted by Gasteiger charge is -2.11. The van der Waals surface area contributed by atoms with E-state index < -0.39 is 15.9 Å². The summed E-state index contributed by atoms with van der Waals surface area (Å²) in [5.41, 5.74) is 5.04. The first-order valence-electron chi connectivity index (χ1n) is 3.51. The molecule has 78 valence electrons. The topological polar surface area (TPSA) is 93.4 Å². The minimum Gasteiger partial charge on any atom is -0.364 e. The molecule has 0 fully saturated rings. The number of carbonyl (C=O) groups is 1. The van der Waals surface area contributed by atoms with E-state index in [1.165, 1.54) is 12.4 Å². The van der Waals surface area contributed by atoms with Crippen molar-refractivity contribution in [2.75, 3.05) is 17.6 Å². The predicted molar refractivity (Wildman–Crippen MR) is 53.9 cm³/mol. The average Bonchev–Trinajstić information content (AvgIpc) is 2.48. The molecule has 1 amide bonds. The van der Waals surface area contributed by atoms with Gasteiger partial charge in [0.1, 0.15) is 5.69 Å². The van der Waals surface area contributed by atoms with Crippen molar-refractivity contribution in [2.45, 2.75) is 0 Å². The molecular formula is C6H9N3O3S2. The molecule has 0 bridgehead atoms. The van der Waals surface area contributed by atoms with Gasteiger partial charge in [-0.15, -0.1) is 11.3 Å². The third-order valence-electron chi connectivity index (χ3n) is 1.51. The van der Waals surface area contributed by atoms with Crippen molar-refractivity contribution in [1.82, 2.24) is 4.98 Å². The van der Waals surface area contributed by atoms with Crippen molar-refractivity contribution in [3.05, 3.63) is 11.1 Å². The van der Waals surface area contributed by atoms with Crippen LogP contribution in [-0.2, 0) is 10.0 Å². The normalized spacial score (nSPS) is 11.3. The number of nitrogens with two attached hydrogens (primary N) is 1. The molecule has 2 N–H and O–H groups in total. The van der Waals surface area contributed by atoms with Crippen molar-refractivity contribution in [3.8, 4) is 0 Å². The lowest BCUT2D eigenvalue weighted by molar-refractivity contribution is 0.0996. The number of sulfonamides is 1. The number of primary amides is 1. The van der Waals surface area contributed by atoms with E-state index in [1.54, 1.807) is 0 Å². The Morgan fingerprint density at radius 3 is 2.57 bits per heavy atom. The zero-order chi connectivity index (χ0) is 10.9. The summed E-state index contributed by atoms with van der Waals surface area (Å²) < 4.78 is 23.2. The highest BCUT2D eigenvalue weighted by Gasteiger charge is 2.16. The summed E-state index contributed by atoms with van der Waals surface area (Å²) in [5.74, 6) is -0.672. The van der Waals surface area contributed by atoms with Gasteiger partial charge >= 0.3 is 0 Å². The highest BCUT2D eigenvalue weighted by Crippen LogP contribution is 2.20. The molecular weight excluding hydrogens is 226 g/mol. The van der Waals surface area contributed by atoms with E-state index >= 15 is 0 Å². The van der Waals surface area contributed by atoms with Crippen LogP contribution in [0, 0.1) is 0 Å². The molecule has 1 aromatic rings. The fraction of sp³-hybridized carbons (Fsp3) is 0.333. The van der Waals surface area contributed by atoms with Crippen LogP contribution in [0.5, 0.6) is 0 Å². The molecule has 0 atom stereocenters. The van der Waals surface area contributed by atoms with E-state index in [9.17, 15) is 13.2 Å². The predicted octanol–water partition coefficient (Wildman–Crippen LogP) is -0.362. The maximum absolute atomic E-state index is 11.1. The van der Waals surface area contributed by atoms with Crippen LogP contribution in [0.2, 0.25) is 0 Å². The van der Waals surface area contributed by atoms with Crippen molar-refractivity contribution in [1.29, 1.82) is 0 Å². The Hall–Kier alpha value is -1.15. The Morgan fingerprint density at radius 1 is 1.64 bits per heavy atom. The van der Waals surface area contributed by atoms with E-state index in [1.807, 2.05) is 0 Å². The van der Waals surface area contributed by atoms with Gasteiger partial charge in [0.25, 0.3) is 5.91 Å². The lowest BCUT2D eigenvalue weighted by atomic mass is 10.5. The average molecular weight is 235 g/mol. The van der Waals surface area contributed by atoms with Gasteiger partial charge in [-0.2, -0.15) is 0 Å². The highest BCUT2D eigenvalue weighted by atomic mass is 32.2. The third kappa shape index (κ3) is 2.20. The van der Waals surface area contributed by atoms with Gasteiger partial charge in [-0.05, 0) is 0 Å². The largest absolute Gasteiger partial charge is 0.364 e. The smallest absolute Gasteiger partial charge is 0.268 e. The number of nitrogens with zero attached hydrogens (tertiary/aromatic N) is 2. The SMILES string of the molecule is CN(c1nc(C(N)=O)cs1)S(C)(=O)=O. The van der Waals surface area contributed by atoms with Gasteiger partial charge in [0.05, 0.1) is 6.26 Å². The summed E-state index contributed by atoms with van der Waals surface area (Å²) in [6.45, 7) is 0. The van der Waals surface area contributed by atoms with Gasteiger partial charge in [-0.3, -0.25) is 4.79 Å². The molecule has 1 aromatic heterocycles. The molecule has 0 spiro atoms. The van der Waals surface area contributed by atoms with Crippen LogP contribution >= 0.6 is 11.3 Å². The Kier molecular flexibility index (Phi) is 2.76. The number of hydrogen-bond acceptors (Lipinski definition) is 5. The van der Waals surface area contributed by atoms with Gasteiger partial charge in [-0.1, -0.05) is 0 Å².